The minimum absolute atomic E-state index is 0.0228. The van der Waals surface area contributed by atoms with Gasteiger partial charge in [0.15, 0.2) is 5.17 Å². The van der Waals surface area contributed by atoms with Gasteiger partial charge in [-0.05, 0) is 31.2 Å². The third kappa shape index (κ3) is 3.11. The summed E-state index contributed by atoms with van der Waals surface area (Å²) >= 11 is 3.32. The molecule has 0 saturated carbocycles. The van der Waals surface area contributed by atoms with Crippen LogP contribution in [0.2, 0.25) is 0 Å². The smallest absolute Gasteiger partial charge is 0.259 e. The van der Waals surface area contributed by atoms with Crippen LogP contribution in [-0.2, 0) is 18.6 Å². The van der Waals surface area contributed by atoms with Crippen molar-refractivity contribution in [2.24, 2.45) is 10.4 Å². The third-order valence-electron chi connectivity index (χ3n) is 4.59. The summed E-state index contributed by atoms with van der Waals surface area (Å²) in [6.45, 7) is 6.18. The Bertz CT molecular complexity index is 865. The van der Waals surface area contributed by atoms with E-state index in [-0.39, 0.29) is 11.0 Å². The Hall–Kier alpha value is -1.34. The fourth-order valence-corrected chi connectivity index (χ4v) is 5.24. The molecule has 0 aromatic carbocycles. The molecule has 5 nitrogen and oxygen atoms in total. The molecule has 0 atom stereocenters. The monoisotopic (exact) mass is 362 g/mol. The van der Waals surface area contributed by atoms with Crippen LogP contribution >= 0.6 is 23.1 Å². The fraction of sp³-hybridized carbons (Fsp3) is 0.588. The van der Waals surface area contributed by atoms with Gasteiger partial charge in [-0.1, -0.05) is 25.6 Å². The Morgan fingerprint density at radius 2 is 2.12 bits per heavy atom. The zero-order valence-corrected chi connectivity index (χ0v) is 15.7. The molecule has 128 valence electrons. The molecule has 0 radical (unpaired) electrons. The number of aryl methyl sites for hydroxylation is 2. The molecule has 2 N–H and O–H groups in total. The van der Waals surface area contributed by atoms with E-state index in [0.29, 0.717) is 5.75 Å². The zero-order valence-electron chi connectivity index (χ0n) is 14.1. The zero-order chi connectivity index (χ0) is 16.7. The lowest BCUT2D eigenvalue weighted by Crippen LogP contribution is -2.39. The first-order chi connectivity index (χ1) is 11.5. The van der Waals surface area contributed by atoms with Gasteiger partial charge in [0, 0.05) is 23.4 Å². The molecular weight excluding hydrogens is 340 g/mol. The average Bonchev–Trinajstić information content (AvgIpc) is 2.92. The van der Waals surface area contributed by atoms with Gasteiger partial charge in [-0.25, -0.2) is 4.98 Å². The molecule has 0 unspecified atom stereocenters. The molecule has 24 heavy (non-hydrogen) atoms. The number of fused-ring (bicyclic) bond motifs is 3. The molecule has 0 bridgehead atoms. The topological polar surface area (TPSA) is 70.1 Å². The summed E-state index contributed by atoms with van der Waals surface area (Å²) in [6, 6.07) is 0. The lowest BCUT2D eigenvalue weighted by atomic mass is 9.93. The van der Waals surface area contributed by atoms with E-state index in [2.05, 4.69) is 29.1 Å². The van der Waals surface area contributed by atoms with Crippen molar-refractivity contribution in [2.45, 2.75) is 45.3 Å². The minimum Gasteiger partial charge on any atom is -0.364 e. The molecule has 0 fully saturated rings. The maximum Gasteiger partial charge on any atom is 0.259 e. The quantitative estimate of drug-likeness (QED) is 0.861. The number of aromatic amines is 1. The van der Waals surface area contributed by atoms with E-state index in [1.807, 2.05) is 0 Å². The van der Waals surface area contributed by atoms with Crippen LogP contribution in [0.25, 0.3) is 10.2 Å². The molecular formula is C17H22N4OS2. The molecule has 1 aliphatic heterocycles. The second kappa shape index (κ2) is 6.19. The van der Waals surface area contributed by atoms with Crippen LogP contribution < -0.4 is 10.9 Å². The number of hydrogen-bond acceptors (Lipinski definition) is 6. The number of nitrogens with one attached hydrogen (secondary N) is 2. The number of nitrogens with zero attached hydrogens (tertiary/aromatic N) is 2. The number of hydrogen-bond donors (Lipinski definition) is 2. The highest BCUT2D eigenvalue weighted by Crippen LogP contribution is 2.33. The van der Waals surface area contributed by atoms with Crippen molar-refractivity contribution in [1.82, 2.24) is 15.3 Å². The van der Waals surface area contributed by atoms with Crippen molar-refractivity contribution < 1.29 is 0 Å². The van der Waals surface area contributed by atoms with Gasteiger partial charge < -0.3 is 10.3 Å². The molecule has 2 aliphatic rings. The molecule has 1 aliphatic carbocycles. The van der Waals surface area contributed by atoms with Crippen molar-refractivity contribution in [3.05, 3.63) is 26.6 Å². The second-order valence-electron chi connectivity index (χ2n) is 7.33. The van der Waals surface area contributed by atoms with Crippen LogP contribution in [0.4, 0.5) is 0 Å². The number of rotatable bonds is 2. The Morgan fingerprint density at radius 3 is 2.92 bits per heavy atom. The summed E-state index contributed by atoms with van der Waals surface area (Å²) < 4.78 is 0. The van der Waals surface area contributed by atoms with Crippen LogP contribution in [0, 0.1) is 5.41 Å². The van der Waals surface area contributed by atoms with Crippen LogP contribution in [0.15, 0.2) is 9.79 Å². The van der Waals surface area contributed by atoms with E-state index in [1.165, 1.54) is 23.3 Å². The van der Waals surface area contributed by atoms with Gasteiger partial charge in [0.05, 0.1) is 11.1 Å². The molecule has 7 heteroatoms. The molecule has 0 spiro atoms. The SMILES string of the molecule is CC1(C)CN=C(SCc2nc3sc4c(c3c(=O)[nH]2)CCCC4)NC1. The third-order valence-corrected chi connectivity index (χ3v) is 6.74. The largest absolute Gasteiger partial charge is 0.364 e. The molecule has 0 saturated heterocycles. The van der Waals surface area contributed by atoms with E-state index in [4.69, 9.17) is 4.98 Å². The highest BCUT2D eigenvalue weighted by Gasteiger charge is 2.23. The molecule has 0 amide bonds. The van der Waals surface area contributed by atoms with Gasteiger partial charge in [-0.15, -0.1) is 11.3 Å². The van der Waals surface area contributed by atoms with Crippen molar-refractivity contribution in [2.75, 3.05) is 13.1 Å². The Balaban J connectivity index is 1.55. The van der Waals surface area contributed by atoms with E-state index < -0.39 is 0 Å². The van der Waals surface area contributed by atoms with E-state index in [1.54, 1.807) is 23.1 Å². The predicted octanol–water partition coefficient (Wildman–Crippen LogP) is 3.08. The summed E-state index contributed by atoms with van der Waals surface area (Å²) in [5.74, 6) is 1.38. The first-order valence-electron chi connectivity index (χ1n) is 8.46. The minimum atomic E-state index is 0.0228. The molecule has 4 rings (SSSR count). The standard InChI is InChI=1S/C17H22N4OS2/c1-17(2)8-18-16(19-9-17)23-7-12-20-14(22)13-10-5-3-4-6-11(10)24-15(13)21-12/h3-9H2,1-2H3,(H,18,19)(H,20,21,22). The van der Waals surface area contributed by atoms with E-state index in [0.717, 1.165) is 47.1 Å². The number of H-pyrrole nitrogens is 1. The number of aromatic nitrogens is 2. The maximum atomic E-state index is 12.5. The van der Waals surface area contributed by atoms with E-state index >= 15 is 0 Å². The fourth-order valence-electron chi connectivity index (χ4n) is 3.22. The number of thioether (sulfide) groups is 1. The normalized spacial score (nSPS) is 19.7. The average molecular weight is 363 g/mol. The van der Waals surface area contributed by atoms with Crippen LogP contribution in [0.5, 0.6) is 0 Å². The van der Waals surface area contributed by atoms with Crippen LogP contribution in [0.3, 0.4) is 0 Å². The lowest BCUT2D eigenvalue weighted by molar-refractivity contribution is 0.364. The summed E-state index contributed by atoms with van der Waals surface area (Å²) in [7, 11) is 0. The number of aliphatic imine (C=N–C) groups is 1. The maximum absolute atomic E-state index is 12.5. The summed E-state index contributed by atoms with van der Waals surface area (Å²) in [6.07, 6.45) is 4.51. The van der Waals surface area contributed by atoms with Gasteiger partial charge in [0.2, 0.25) is 0 Å². The number of thiophene rings is 1. The summed E-state index contributed by atoms with van der Waals surface area (Å²) in [5.41, 5.74) is 1.48. The van der Waals surface area contributed by atoms with Gasteiger partial charge in [-0.3, -0.25) is 9.79 Å². The molecule has 2 aromatic rings. The Kier molecular flexibility index (Phi) is 4.16. The summed E-state index contributed by atoms with van der Waals surface area (Å²) in [4.78, 5) is 27.1. The second-order valence-corrected chi connectivity index (χ2v) is 9.38. The Morgan fingerprint density at radius 1 is 1.29 bits per heavy atom. The van der Waals surface area contributed by atoms with Crippen molar-refractivity contribution in [3.8, 4) is 0 Å². The van der Waals surface area contributed by atoms with Crippen molar-refractivity contribution >= 4 is 38.5 Å². The molecule has 3 heterocycles. The van der Waals surface area contributed by atoms with E-state index in [9.17, 15) is 4.79 Å². The molecule has 2 aromatic heterocycles. The highest BCUT2D eigenvalue weighted by atomic mass is 32.2. The van der Waals surface area contributed by atoms with Crippen LogP contribution in [0.1, 0.15) is 43.0 Å². The first-order valence-corrected chi connectivity index (χ1v) is 10.3. The first kappa shape index (κ1) is 16.1. The summed E-state index contributed by atoms with van der Waals surface area (Å²) in [5, 5.41) is 5.15. The highest BCUT2D eigenvalue weighted by molar-refractivity contribution is 8.13. The Labute approximate surface area is 149 Å². The van der Waals surface area contributed by atoms with Crippen LogP contribution in [-0.4, -0.2) is 28.2 Å². The van der Waals surface area contributed by atoms with Gasteiger partial charge in [0.1, 0.15) is 10.7 Å². The van der Waals surface area contributed by atoms with Crippen molar-refractivity contribution in [3.63, 3.8) is 0 Å². The van der Waals surface area contributed by atoms with Gasteiger partial charge in [-0.2, -0.15) is 0 Å². The lowest BCUT2D eigenvalue weighted by Gasteiger charge is -2.28. The van der Waals surface area contributed by atoms with Crippen molar-refractivity contribution in [1.29, 1.82) is 0 Å². The van der Waals surface area contributed by atoms with Gasteiger partial charge >= 0.3 is 0 Å². The number of amidine groups is 1. The predicted molar refractivity (Wildman–Crippen MR) is 102 cm³/mol. The van der Waals surface area contributed by atoms with Gasteiger partial charge in [0.25, 0.3) is 5.56 Å².